The van der Waals surface area contributed by atoms with E-state index in [1.807, 2.05) is 0 Å². The third-order valence-corrected chi connectivity index (χ3v) is 5.28. The molecule has 2 rings (SSSR count). The summed E-state index contributed by atoms with van der Waals surface area (Å²) in [4.78, 5) is 23.7. The number of halogens is 2. The van der Waals surface area contributed by atoms with Crippen LogP contribution in [-0.4, -0.2) is 32.9 Å². The van der Waals surface area contributed by atoms with Gasteiger partial charge in [-0.1, -0.05) is 29.8 Å². The van der Waals surface area contributed by atoms with Crippen LogP contribution in [0.4, 0.5) is 4.39 Å². The van der Waals surface area contributed by atoms with Gasteiger partial charge in [-0.3, -0.25) is 20.4 Å². The lowest BCUT2D eigenvalue weighted by molar-refractivity contribution is -0.132. The van der Waals surface area contributed by atoms with Gasteiger partial charge in [-0.15, -0.1) is 0 Å². The molecule has 0 heterocycles. The molecular formula is C18H19ClFN3O5S. The van der Waals surface area contributed by atoms with E-state index in [4.69, 9.17) is 16.3 Å². The average molecular weight is 444 g/mol. The highest BCUT2D eigenvalue weighted by molar-refractivity contribution is 7.89. The van der Waals surface area contributed by atoms with Crippen LogP contribution in [-0.2, 0) is 19.6 Å². The van der Waals surface area contributed by atoms with Crippen LogP contribution < -0.4 is 20.3 Å². The van der Waals surface area contributed by atoms with E-state index in [1.165, 1.54) is 49.4 Å². The van der Waals surface area contributed by atoms with Crippen molar-refractivity contribution in [3.05, 3.63) is 59.4 Å². The smallest absolute Gasteiger partial charge is 0.279 e. The molecule has 1 unspecified atom stereocenters. The van der Waals surface area contributed by atoms with Crippen LogP contribution in [0.1, 0.15) is 13.3 Å². The lowest BCUT2D eigenvalue weighted by Crippen LogP contribution is -2.47. The summed E-state index contributed by atoms with van der Waals surface area (Å²) in [5.74, 6) is -2.06. The quantitative estimate of drug-likeness (QED) is 0.538. The summed E-state index contributed by atoms with van der Waals surface area (Å²) < 4.78 is 45.2. The Morgan fingerprint density at radius 2 is 1.86 bits per heavy atom. The molecule has 1 atom stereocenters. The highest BCUT2D eigenvalue weighted by atomic mass is 35.5. The van der Waals surface area contributed by atoms with Crippen LogP contribution in [0.5, 0.6) is 5.75 Å². The van der Waals surface area contributed by atoms with E-state index in [0.29, 0.717) is 0 Å². The number of amides is 2. The number of sulfonamides is 1. The molecule has 156 valence electrons. The standard InChI is InChI=1S/C18H19ClFN3O5S/c1-12(28-16-8-3-2-7-15(16)20)18(25)23-22-17(24)9-10-21-29(26,27)14-6-4-5-13(19)11-14/h2-8,11-12,21H,9-10H2,1H3,(H,22,24)(H,23,25). The number of hydrogen-bond donors (Lipinski definition) is 3. The molecule has 0 saturated heterocycles. The van der Waals surface area contributed by atoms with Crippen LogP contribution in [0.25, 0.3) is 0 Å². The average Bonchev–Trinajstić information content (AvgIpc) is 2.67. The van der Waals surface area contributed by atoms with Gasteiger partial charge in [-0.25, -0.2) is 17.5 Å². The first-order valence-electron chi connectivity index (χ1n) is 8.44. The Balaban J connectivity index is 1.75. The van der Waals surface area contributed by atoms with Crippen molar-refractivity contribution in [3.63, 3.8) is 0 Å². The Kier molecular flexibility index (Phi) is 7.94. The summed E-state index contributed by atoms with van der Waals surface area (Å²) in [5, 5.41) is 0.264. The minimum Gasteiger partial charge on any atom is -0.478 e. The molecule has 11 heteroatoms. The minimum absolute atomic E-state index is 0.0298. The molecule has 0 radical (unpaired) electrons. The first-order valence-corrected chi connectivity index (χ1v) is 10.3. The van der Waals surface area contributed by atoms with E-state index in [1.54, 1.807) is 6.07 Å². The number of rotatable bonds is 8. The predicted molar refractivity (Wildman–Crippen MR) is 104 cm³/mol. The zero-order valence-electron chi connectivity index (χ0n) is 15.3. The van der Waals surface area contributed by atoms with Gasteiger partial charge < -0.3 is 4.74 Å². The number of carbonyl (C=O) groups is 2. The number of carbonyl (C=O) groups excluding carboxylic acids is 2. The van der Waals surface area contributed by atoms with Crippen LogP contribution in [0.3, 0.4) is 0 Å². The summed E-state index contributed by atoms with van der Waals surface area (Å²) in [6.45, 7) is 1.19. The van der Waals surface area contributed by atoms with Gasteiger partial charge in [-0.05, 0) is 37.3 Å². The van der Waals surface area contributed by atoms with E-state index in [2.05, 4.69) is 15.6 Å². The molecule has 8 nitrogen and oxygen atoms in total. The highest BCUT2D eigenvalue weighted by Crippen LogP contribution is 2.17. The second kappa shape index (κ2) is 10.2. The maximum Gasteiger partial charge on any atom is 0.279 e. The zero-order chi connectivity index (χ0) is 21.4. The van der Waals surface area contributed by atoms with Gasteiger partial charge in [0.05, 0.1) is 4.90 Å². The van der Waals surface area contributed by atoms with Gasteiger partial charge >= 0.3 is 0 Å². The molecular weight excluding hydrogens is 425 g/mol. The first-order chi connectivity index (χ1) is 13.7. The van der Waals surface area contributed by atoms with E-state index < -0.39 is 33.8 Å². The Bertz CT molecular complexity index is 987. The number of nitrogens with one attached hydrogen (secondary N) is 3. The molecule has 2 aromatic rings. The van der Waals surface area contributed by atoms with Crippen LogP contribution >= 0.6 is 11.6 Å². The van der Waals surface area contributed by atoms with E-state index in [0.717, 1.165) is 0 Å². The summed E-state index contributed by atoms with van der Waals surface area (Å²) in [6, 6.07) is 11.3. The molecule has 0 spiro atoms. The van der Waals surface area contributed by atoms with Crippen molar-refractivity contribution < 1.29 is 27.1 Å². The van der Waals surface area contributed by atoms with Crippen molar-refractivity contribution in [1.29, 1.82) is 0 Å². The maximum atomic E-state index is 13.5. The fourth-order valence-corrected chi connectivity index (χ4v) is 3.43. The van der Waals surface area contributed by atoms with Crippen molar-refractivity contribution in [2.24, 2.45) is 0 Å². The lowest BCUT2D eigenvalue weighted by atomic mass is 10.3. The van der Waals surface area contributed by atoms with E-state index in [-0.39, 0.29) is 28.6 Å². The third-order valence-electron chi connectivity index (χ3n) is 3.59. The normalized spacial score (nSPS) is 12.1. The predicted octanol–water partition coefficient (Wildman–Crippen LogP) is 1.76. The number of benzene rings is 2. The SMILES string of the molecule is CC(Oc1ccccc1F)C(=O)NNC(=O)CCNS(=O)(=O)c1cccc(Cl)c1. The molecule has 2 amide bonds. The molecule has 0 aromatic heterocycles. The van der Waals surface area contributed by atoms with Crippen LogP contribution in [0, 0.1) is 5.82 Å². The molecule has 29 heavy (non-hydrogen) atoms. The van der Waals surface area contributed by atoms with Crippen LogP contribution in [0.2, 0.25) is 5.02 Å². The molecule has 0 fully saturated rings. The molecule has 0 aliphatic carbocycles. The molecule has 3 N–H and O–H groups in total. The topological polar surface area (TPSA) is 114 Å². The Morgan fingerprint density at radius 3 is 2.55 bits per heavy atom. The van der Waals surface area contributed by atoms with Crippen molar-refractivity contribution in [2.75, 3.05) is 6.54 Å². The van der Waals surface area contributed by atoms with E-state index >= 15 is 0 Å². The number of ether oxygens (including phenoxy) is 1. The molecule has 2 aromatic carbocycles. The molecule has 0 bridgehead atoms. The number of hydrazine groups is 1. The number of para-hydroxylation sites is 1. The van der Waals surface area contributed by atoms with Gasteiger partial charge in [0.2, 0.25) is 15.9 Å². The third kappa shape index (κ3) is 7.00. The Labute approximate surface area is 172 Å². The maximum absolute atomic E-state index is 13.5. The largest absolute Gasteiger partial charge is 0.478 e. The van der Waals surface area contributed by atoms with Gasteiger partial charge in [0.25, 0.3) is 5.91 Å². The van der Waals surface area contributed by atoms with Gasteiger partial charge in [-0.2, -0.15) is 0 Å². The lowest BCUT2D eigenvalue weighted by Gasteiger charge is -2.15. The van der Waals surface area contributed by atoms with Crippen molar-refractivity contribution in [2.45, 2.75) is 24.3 Å². The summed E-state index contributed by atoms with van der Waals surface area (Å²) in [6.07, 6.45) is -1.31. The second-order valence-electron chi connectivity index (χ2n) is 5.83. The summed E-state index contributed by atoms with van der Waals surface area (Å²) >= 11 is 5.76. The molecule has 0 aliphatic heterocycles. The zero-order valence-corrected chi connectivity index (χ0v) is 16.9. The first kappa shape index (κ1) is 22.6. The fourth-order valence-electron chi connectivity index (χ4n) is 2.10. The molecule has 0 saturated carbocycles. The minimum atomic E-state index is -3.82. The van der Waals surface area contributed by atoms with Gasteiger partial charge in [0.1, 0.15) is 0 Å². The molecule has 0 aliphatic rings. The highest BCUT2D eigenvalue weighted by Gasteiger charge is 2.18. The summed E-state index contributed by atoms with van der Waals surface area (Å²) in [5.41, 5.74) is 4.26. The van der Waals surface area contributed by atoms with Crippen molar-refractivity contribution >= 4 is 33.4 Å². The second-order valence-corrected chi connectivity index (χ2v) is 8.04. The number of hydrogen-bond acceptors (Lipinski definition) is 5. The Morgan fingerprint density at radius 1 is 1.14 bits per heavy atom. The Hall–Kier alpha value is -2.69. The monoisotopic (exact) mass is 443 g/mol. The van der Waals surface area contributed by atoms with Gasteiger partial charge in [0, 0.05) is 18.0 Å². The van der Waals surface area contributed by atoms with Crippen LogP contribution in [0.15, 0.2) is 53.4 Å². The summed E-state index contributed by atoms with van der Waals surface area (Å²) in [7, 11) is -3.82. The van der Waals surface area contributed by atoms with Crippen molar-refractivity contribution in [3.8, 4) is 5.75 Å². The fraction of sp³-hybridized carbons (Fsp3) is 0.222. The van der Waals surface area contributed by atoms with Gasteiger partial charge in [0.15, 0.2) is 17.7 Å². The van der Waals surface area contributed by atoms with Crippen molar-refractivity contribution in [1.82, 2.24) is 15.6 Å². The van der Waals surface area contributed by atoms with E-state index in [9.17, 15) is 22.4 Å².